The lowest BCUT2D eigenvalue weighted by molar-refractivity contribution is -0.137. The first-order chi connectivity index (χ1) is 13.4. The molecule has 1 fully saturated rings. The van der Waals surface area contributed by atoms with E-state index < -0.39 is 26.6 Å². The van der Waals surface area contributed by atoms with Crippen molar-refractivity contribution < 1.29 is 18.3 Å². The van der Waals surface area contributed by atoms with Gasteiger partial charge in [0.15, 0.2) is 0 Å². The van der Waals surface area contributed by atoms with E-state index in [0.29, 0.717) is 17.9 Å². The molecule has 0 spiro atoms. The Balaban J connectivity index is 1.69. The number of hydrogen-bond donors (Lipinski definition) is 1. The van der Waals surface area contributed by atoms with Gasteiger partial charge < -0.3 is 5.11 Å². The molecule has 1 atom stereocenters. The highest BCUT2D eigenvalue weighted by Crippen LogP contribution is 2.31. The third-order valence-electron chi connectivity index (χ3n) is 5.83. The molecule has 1 unspecified atom stereocenters. The van der Waals surface area contributed by atoms with Crippen molar-refractivity contribution >= 4 is 8.80 Å². The fraction of sp³-hybridized carbons (Fsp3) is 0.652. The summed E-state index contributed by atoms with van der Waals surface area (Å²) in [6.07, 6.45) is 4.92. The van der Waals surface area contributed by atoms with Crippen molar-refractivity contribution in [3.05, 3.63) is 35.4 Å². The SMILES string of the molecule is CCCCCCC[SiH]1CCC(CC(O)C#Cc2ccc(C(F)(F)F)cc2)CC1. The number of aliphatic hydroxyl groups is 1. The molecule has 28 heavy (non-hydrogen) atoms. The molecule has 0 amide bonds. The van der Waals surface area contributed by atoms with Crippen molar-refractivity contribution in [3.63, 3.8) is 0 Å². The first-order valence-corrected chi connectivity index (χ1v) is 13.2. The van der Waals surface area contributed by atoms with E-state index in [2.05, 4.69) is 18.8 Å². The fourth-order valence-electron chi connectivity index (χ4n) is 4.08. The molecular formula is C23H33F3OSi. The van der Waals surface area contributed by atoms with Gasteiger partial charge >= 0.3 is 6.18 Å². The second-order valence-electron chi connectivity index (χ2n) is 8.19. The summed E-state index contributed by atoms with van der Waals surface area (Å²) in [5.74, 6) is 6.15. The van der Waals surface area contributed by atoms with Gasteiger partial charge in [-0.1, -0.05) is 81.8 Å². The molecule has 1 aromatic carbocycles. The van der Waals surface area contributed by atoms with Gasteiger partial charge in [0.2, 0.25) is 0 Å². The first-order valence-electron chi connectivity index (χ1n) is 10.8. The van der Waals surface area contributed by atoms with Gasteiger partial charge in [-0.25, -0.2) is 0 Å². The normalized spacial score (nSPS) is 21.0. The summed E-state index contributed by atoms with van der Waals surface area (Å²) in [5, 5.41) is 10.2. The summed E-state index contributed by atoms with van der Waals surface area (Å²) >= 11 is 0. The van der Waals surface area contributed by atoms with Gasteiger partial charge in [-0.2, -0.15) is 13.2 Å². The van der Waals surface area contributed by atoms with Crippen LogP contribution in [-0.2, 0) is 6.18 Å². The standard InChI is InChI=1S/C23H33F3OSi/c1-2-3-4-5-6-15-28-16-13-20(14-17-28)18-22(27)12-9-19-7-10-21(11-8-19)23(24,25)26/h7-8,10-11,20,22,27-28H,2-6,13-18H2,1H3. The molecule has 2 rings (SSSR count). The summed E-state index contributed by atoms with van der Waals surface area (Å²) in [5.41, 5.74) is -0.170. The lowest BCUT2D eigenvalue weighted by Gasteiger charge is -2.28. The number of halogens is 3. The summed E-state index contributed by atoms with van der Waals surface area (Å²) < 4.78 is 37.7. The summed E-state index contributed by atoms with van der Waals surface area (Å²) in [6.45, 7) is 2.25. The molecule has 5 heteroatoms. The second-order valence-corrected chi connectivity index (χ2v) is 11.6. The van der Waals surface area contributed by atoms with Crippen LogP contribution in [0.5, 0.6) is 0 Å². The highest BCUT2D eigenvalue weighted by molar-refractivity contribution is 6.58. The number of unbranched alkanes of at least 4 members (excludes halogenated alkanes) is 4. The minimum Gasteiger partial charge on any atom is -0.380 e. The molecule has 156 valence electrons. The monoisotopic (exact) mass is 410 g/mol. The Labute approximate surface area is 169 Å². The maximum absolute atomic E-state index is 12.6. The Hall–Kier alpha value is -1.25. The number of rotatable bonds is 8. The predicted octanol–water partition coefficient (Wildman–Crippen LogP) is 6.42. The summed E-state index contributed by atoms with van der Waals surface area (Å²) in [7, 11) is -0.555. The van der Waals surface area contributed by atoms with Crippen molar-refractivity contribution in [3.8, 4) is 11.8 Å². The zero-order valence-corrected chi connectivity index (χ0v) is 18.1. The molecule has 1 saturated heterocycles. The van der Waals surface area contributed by atoms with Crippen molar-refractivity contribution in [1.82, 2.24) is 0 Å². The molecule has 1 heterocycles. The van der Waals surface area contributed by atoms with Crippen LogP contribution in [0.3, 0.4) is 0 Å². The van der Waals surface area contributed by atoms with Gasteiger partial charge in [0.25, 0.3) is 0 Å². The molecule has 1 N–H and O–H groups in total. The van der Waals surface area contributed by atoms with Crippen LogP contribution in [0.4, 0.5) is 13.2 Å². The second kappa shape index (κ2) is 11.7. The van der Waals surface area contributed by atoms with Crippen LogP contribution in [0.2, 0.25) is 18.1 Å². The Morgan fingerprint density at radius 2 is 1.71 bits per heavy atom. The van der Waals surface area contributed by atoms with Crippen LogP contribution >= 0.6 is 0 Å². The van der Waals surface area contributed by atoms with Crippen molar-refractivity contribution in [2.45, 2.75) is 88.7 Å². The molecule has 1 nitrogen and oxygen atoms in total. The third kappa shape index (κ3) is 8.41. The summed E-state index contributed by atoms with van der Waals surface area (Å²) in [4.78, 5) is 0. The molecule has 0 saturated carbocycles. The predicted molar refractivity (Wildman–Crippen MR) is 112 cm³/mol. The molecule has 1 aliphatic heterocycles. The number of hydrogen-bond acceptors (Lipinski definition) is 1. The first kappa shape index (κ1) is 23.0. The number of benzene rings is 1. The largest absolute Gasteiger partial charge is 0.416 e. The minimum atomic E-state index is -4.33. The van der Waals surface area contributed by atoms with E-state index in [4.69, 9.17) is 0 Å². The van der Waals surface area contributed by atoms with E-state index in [-0.39, 0.29) is 0 Å². The maximum atomic E-state index is 12.6. The zero-order chi connectivity index (χ0) is 20.4. The quantitative estimate of drug-likeness (QED) is 0.298. The Bertz CT molecular complexity index is 622. The van der Waals surface area contributed by atoms with Gasteiger partial charge in [0.1, 0.15) is 6.10 Å². The van der Waals surface area contributed by atoms with Crippen molar-refractivity contribution in [1.29, 1.82) is 0 Å². The smallest absolute Gasteiger partial charge is 0.380 e. The van der Waals surface area contributed by atoms with Crippen molar-refractivity contribution in [2.24, 2.45) is 5.92 Å². The van der Waals surface area contributed by atoms with Crippen LogP contribution in [0.25, 0.3) is 0 Å². The van der Waals surface area contributed by atoms with Crippen LogP contribution in [0, 0.1) is 17.8 Å². The highest BCUT2D eigenvalue weighted by Gasteiger charge is 2.29. The molecule has 0 radical (unpaired) electrons. The molecular weight excluding hydrogens is 377 g/mol. The average molecular weight is 411 g/mol. The van der Waals surface area contributed by atoms with E-state index in [9.17, 15) is 18.3 Å². The highest BCUT2D eigenvalue weighted by atomic mass is 28.3. The van der Waals surface area contributed by atoms with Gasteiger partial charge in [-0.05, 0) is 36.6 Å². The molecule has 1 aliphatic rings. The van der Waals surface area contributed by atoms with Gasteiger partial charge in [0.05, 0.1) is 5.56 Å². The van der Waals surface area contributed by atoms with Crippen LogP contribution in [0.1, 0.15) is 69.4 Å². The lowest BCUT2D eigenvalue weighted by atomic mass is 9.95. The van der Waals surface area contributed by atoms with E-state index in [1.165, 1.54) is 75.2 Å². The van der Waals surface area contributed by atoms with Crippen LogP contribution in [0.15, 0.2) is 24.3 Å². The Morgan fingerprint density at radius 3 is 2.32 bits per heavy atom. The van der Waals surface area contributed by atoms with Crippen LogP contribution < -0.4 is 0 Å². The summed E-state index contributed by atoms with van der Waals surface area (Å²) in [6, 6.07) is 9.04. The maximum Gasteiger partial charge on any atom is 0.416 e. The van der Waals surface area contributed by atoms with Gasteiger partial charge in [-0.3, -0.25) is 0 Å². The van der Waals surface area contributed by atoms with E-state index in [1.807, 2.05) is 0 Å². The van der Waals surface area contributed by atoms with E-state index in [1.54, 1.807) is 0 Å². The number of alkyl halides is 3. The topological polar surface area (TPSA) is 20.2 Å². The molecule has 1 aromatic rings. The fourth-order valence-corrected chi connectivity index (χ4v) is 7.69. The minimum absolute atomic E-state index is 0.506. The lowest BCUT2D eigenvalue weighted by Crippen LogP contribution is -2.23. The van der Waals surface area contributed by atoms with E-state index >= 15 is 0 Å². The van der Waals surface area contributed by atoms with Crippen LogP contribution in [-0.4, -0.2) is 20.0 Å². The van der Waals surface area contributed by atoms with E-state index in [0.717, 1.165) is 12.1 Å². The zero-order valence-electron chi connectivity index (χ0n) is 16.9. The Morgan fingerprint density at radius 1 is 1.07 bits per heavy atom. The Kier molecular flexibility index (Phi) is 9.60. The van der Waals surface area contributed by atoms with Gasteiger partial charge in [0, 0.05) is 14.4 Å². The van der Waals surface area contributed by atoms with Crippen molar-refractivity contribution in [2.75, 3.05) is 0 Å². The molecule has 0 aliphatic carbocycles. The molecule has 0 bridgehead atoms. The van der Waals surface area contributed by atoms with Gasteiger partial charge in [-0.15, -0.1) is 0 Å². The number of aliphatic hydroxyl groups excluding tert-OH is 1. The average Bonchev–Trinajstić information content (AvgIpc) is 2.67. The third-order valence-corrected chi connectivity index (χ3v) is 9.36. The molecule has 0 aromatic heterocycles.